The molecule has 0 radical (unpaired) electrons. The first-order chi connectivity index (χ1) is 7.19. The van der Waals surface area contributed by atoms with E-state index in [4.69, 9.17) is 10.7 Å². The summed E-state index contributed by atoms with van der Waals surface area (Å²) in [6.45, 7) is 4.34. The predicted molar refractivity (Wildman–Crippen MR) is 65.3 cm³/mol. The van der Waals surface area contributed by atoms with Gasteiger partial charge in [-0.25, -0.2) is 4.98 Å². The Labute approximate surface area is 95.9 Å². The molecule has 2 N–H and O–H groups in total. The Bertz CT molecular complexity index is 330. The van der Waals surface area contributed by atoms with Crippen molar-refractivity contribution in [3.8, 4) is 0 Å². The molecule has 0 aromatic carbocycles. The third-order valence-electron chi connectivity index (χ3n) is 3.16. The van der Waals surface area contributed by atoms with Gasteiger partial charge in [-0.05, 0) is 32.1 Å². The van der Waals surface area contributed by atoms with Gasteiger partial charge in [0.25, 0.3) is 0 Å². The van der Waals surface area contributed by atoms with Crippen LogP contribution in [-0.2, 0) is 19.3 Å². The third-order valence-corrected chi connectivity index (χ3v) is 4.30. The summed E-state index contributed by atoms with van der Waals surface area (Å²) in [5, 5.41) is 1.24. The number of hydrogen-bond acceptors (Lipinski definition) is 3. The molecule has 1 aromatic rings. The van der Waals surface area contributed by atoms with Crippen molar-refractivity contribution >= 4 is 11.3 Å². The van der Waals surface area contributed by atoms with E-state index in [0.717, 1.165) is 12.3 Å². The van der Waals surface area contributed by atoms with Crippen molar-refractivity contribution < 1.29 is 0 Å². The number of aromatic nitrogens is 1. The molecule has 0 bridgehead atoms. The molecule has 1 aromatic heterocycles. The minimum atomic E-state index is 0.236. The van der Waals surface area contributed by atoms with Gasteiger partial charge in [-0.3, -0.25) is 0 Å². The Morgan fingerprint density at radius 2 is 2.40 bits per heavy atom. The molecular weight excluding hydrogens is 204 g/mol. The van der Waals surface area contributed by atoms with Crippen LogP contribution in [-0.4, -0.2) is 11.0 Å². The Balaban J connectivity index is 2.11. The van der Waals surface area contributed by atoms with Crippen molar-refractivity contribution in [2.45, 2.75) is 52.0 Å². The van der Waals surface area contributed by atoms with Crippen LogP contribution in [0, 0.1) is 5.92 Å². The maximum absolute atomic E-state index is 5.80. The largest absolute Gasteiger partial charge is 0.328 e. The second-order valence-electron chi connectivity index (χ2n) is 4.68. The fourth-order valence-corrected chi connectivity index (χ4v) is 3.58. The minimum absolute atomic E-state index is 0.236. The van der Waals surface area contributed by atoms with Gasteiger partial charge in [0, 0.05) is 17.3 Å². The molecule has 1 aliphatic carbocycles. The van der Waals surface area contributed by atoms with E-state index in [1.807, 2.05) is 11.3 Å². The third kappa shape index (κ3) is 2.58. The zero-order valence-electron chi connectivity index (χ0n) is 9.62. The average molecular weight is 224 g/mol. The normalized spacial score (nSPS) is 22.5. The Kier molecular flexibility index (Phi) is 3.42. The van der Waals surface area contributed by atoms with Gasteiger partial charge in [0.1, 0.15) is 0 Å². The van der Waals surface area contributed by atoms with Gasteiger partial charge in [-0.15, -0.1) is 11.3 Å². The van der Waals surface area contributed by atoms with E-state index in [9.17, 15) is 0 Å². The molecule has 0 aliphatic heterocycles. The summed E-state index contributed by atoms with van der Waals surface area (Å²) < 4.78 is 0. The van der Waals surface area contributed by atoms with Crippen molar-refractivity contribution in [3.63, 3.8) is 0 Å². The quantitative estimate of drug-likeness (QED) is 0.857. The lowest BCUT2D eigenvalue weighted by Gasteiger charge is -2.18. The number of fused-ring (bicyclic) bond motifs is 1. The van der Waals surface area contributed by atoms with Gasteiger partial charge in [-0.1, -0.05) is 13.3 Å². The van der Waals surface area contributed by atoms with Crippen LogP contribution in [0.2, 0.25) is 0 Å². The average Bonchev–Trinajstić information content (AvgIpc) is 2.57. The highest BCUT2D eigenvalue weighted by Gasteiger charge is 2.21. The molecule has 1 heterocycles. The number of nitrogens with zero attached hydrogens (tertiary/aromatic N) is 1. The van der Waals surface area contributed by atoms with Crippen LogP contribution in [0.1, 0.15) is 42.3 Å². The summed E-state index contributed by atoms with van der Waals surface area (Å²) >= 11 is 1.89. The second kappa shape index (κ2) is 4.62. The van der Waals surface area contributed by atoms with Crippen molar-refractivity contribution in [1.82, 2.24) is 4.98 Å². The Morgan fingerprint density at radius 3 is 3.07 bits per heavy atom. The van der Waals surface area contributed by atoms with E-state index >= 15 is 0 Å². The van der Waals surface area contributed by atoms with Gasteiger partial charge >= 0.3 is 0 Å². The lowest BCUT2D eigenvalue weighted by molar-refractivity contribution is 0.445. The summed E-state index contributed by atoms with van der Waals surface area (Å²) in [6.07, 6.45) is 6.00. The molecule has 0 amide bonds. The molecule has 15 heavy (non-hydrogen) atoms. The Hall–Kier alpha value is -0.410. The topological polar surface area (TPSA) is 38.9 Å². The maximum atomic E-state index is 5.80. The zero-order chi connectivity index (χ0) is 10.8. The van der Waals surface area contributed by atoms with E-state index in [1.54, 1.807) is 0 Å². The summed E-state index contributed by atoms with van der Waals surface area (Å²) in [5.74, 6) is 0.890. The molecule has 0 fully saturated rings. The van der Waals surface area contributed by atoms with Crippen molar-refractivity contribution in [1.29, 1.82) is 0 Å². The van der Waals surface area contributed by atoms with Gasteiger partial charge < -0.3 is 5.73 Å². The molecule has 0 saturated heterocycles. The van der Waals surface area contributed by atoms with Crippen LogP contribution in [0.5, 0.6) is 0 Å². The van der Waals surface area contributed by atoms with Crippen molar-refractivity contribution in [2.24, 2.45) is 11.7 Å². The molecular formula is C12H20N2S. The summed E-state index contributed by atoms with van der Waals surface area (Å²) in [7, 11) is 0. The first kappa shape index (κ1) is 11.1. The lowest BCUT2D eigenvalue weighted by atomic mass is 9.89. The second-order valence-corrected chi connectivity index (χ2v) is 5.84. The minimum Gasteiger partial charge on any atom is -0.328 e. The predicted octanol–water partition coefficient (Wildman–Crippen LogP) is 2.55. The zero-order valence-corrected chi connectivity index (χ0v) is 10.4. The first-order valence-corrected chi connectivity index (χ1v) is 6.73. The number of hydrogen-bond donors (Lipinski definition) is 1. The maximum Gasteiger partial charge on any atom is 0.0946 e. The number of thiazole rings is 1. The number of nitrogens with two attached hydrogens (primary N) is 1. The molecule has 2 unspecified atom stereocenters. The van der Waals surface area contributed by atoms with Crippen molar-refractivity contribution in [3.05, 3.63) is 15.6 Å². The summed E-state index contributed by atoms with van der Waals surface area (Å²) in [4.78, 5) is 6.23. The summed E-state index contributed by atoms with van der Waals surface area (Å²) in [5.41, 5.74) is 7.16. The molecule has 3 heteroatoms. The van der Waals surface area contributed by atoms with E-state index in [-0.39, 0.29) is 6.04 Å². The van der Waals surface area contributed by atoms with Gasteiger partial charge in [0.05, 0.1) is 10.7 Å². The highest BCUT2D eigenvalue weighted by molar-refractivity contribution is 7.11. The molecule has 0 spiro atoms. The van der Waals surface area contributed by atoms with E-state index in [2.05, 4.69) is 13.8 Å². The van der Waals surface area contributed by atoms with Crippen LogP contribution >= 0.6 is 11.3 Å². The van der Waals surface area contributed by atoms with Crippen LogP contribution in [0.25, 0.3) is 0 Å². The van der Waals surface area contributed by atoms with Crippen LogP contribution in [0.15, 0.2) is 0 Å². The standard InChI is InChI=1S/C12H20N2S/c1-3-9-4-5-10-11(7-9)15-12(14-10)6-8(2)13/h8-9H,3-7,13H2,1-2H3. The van der Waals surface area contributed by atoms with Crippen LogP contribution in [0.4, 0.5) is 0 Å². The fraction of sp³-hybridized carbons (Fsp3) is 0.750. The van der Waals surface area contributed by atoms with E-state index in [1.165, 1.54) is 41.3 Å². The van der Waals surface area contributed by atoms with E-state index < -0.39 is 0 Å². The first-order valence-electron chi connectivity index (χ1n) is 5.92. The lowest BCUT2D eigenvalue weighted by Crippen LogP contribution is -2.17. The van der Waals surface area contributed by atoms with Crippen LogP contribution in [0.3, 0.4) is 0 Å². The van der Waals surface area contributed by atoms with Crippen molar-refractivity contribution in [2.75, 3.05) is 0 Å². The van der Waals surface area contributed by atoms with Gasteiger partial charge in [0.2, 0.25) is 0 Å². The van der Waals surface area contributed by atoms with Gasteiger partial charge in [0.15, 0.2) is 0 Å². The number of rotatable bonds is 3. The number of aryl methyl sites for hydroxylation is 1. The monoisotopic (exact) mass is 224 g/mol. The molecule has 2 nitrogen and oxygen atoms in total. The molecule has 0 saturated carbocycles. The smallest absolute Gasteiger partial charge is 0.0946 e. The molecule has 2 rings (SSSR count). The highest BCUT2D eigenvalue weighted by Crippen LogP contribution is 2.31. The molecule has 1 aliphatic rings. The fourth-order valence-electron chi connectivity index (χ4n) is 2.21. The van der Waals surface area contributed by atoms with E-state index in [0.29, 0.717) is 0 Å². The highest BCUT2D eigenvalue weighted by atomic mass is 32.1. The SMILES string of the molecule is CCC1CCc2nc(CC(C)N)sc2C1. The summed E-state index contributed by atoms with van der Waals surface area (Å²) in [6, 6.07) is 0.236. The Morgan fingerprint density at radius 1 is 1.60 bits per heavy atom. The van der Waals surface area contributed by atoms with Crippen LogP contribution < -0.4 is 5.73 Å². The molecule has 2 atom stereocenters. The molecule has 84 valence electrons. The van der Waals surface area contributed by atoms with Gasteiger partial charge in [-0.2, -0.15) is 0 Å².